The molecule has 128 valence electrons. The lowest BCUT2D eigenvalue weighted by atomic mass is 10.2. The molecule has 1 aromatic carbocycles. The molecule has 0 atom stereocenters. The van der Waals surface area contributed by atoms with Crippen LogP contribution in [0, 0.1) is 6.92 Å². The van der Waals surface area contributed by atoms with Crippen LogP contribution in [0.15, 0.2) is 41.6 Å². The third kappa shape index (κ3) is 3.37. The predicted octanol–water partition coefficient (Wildman–Crippen LogP) is 2.02. The number of aromatic nitrogens is 1. The van der Waals surface area contributed by atoms with Crippen LogP contribution >= 0.6 is 0 Å². The van der Waals surface area contributed by atoms with Crippen LogP contribution in [0.5, 0.6) is 11.5 Å². The van der Waals surface area contributed by atoms with Crippen LogP contribution in [0.1, 0.15) is 11.1 Å². The van der Waals surface area contributed by atoms with Crippen molar-refractivity contribution in [2.75, 3.05) is 26.8 Å². The molecule has 0 saturated heterocycles. The van der Waals surface area contributed by atoms with E-state index in [4.69, 9.17) is 9.47 Å². The number of fused-ring (bicyclic) bond motifs is 1. The number of likely N-dealkylation sites (N-methyl/N-ethyl adjacent to an activating group) is 1. The zero-order valence-corrected chi connectivity index (χ0v) is 14.5. The monoisotopic (exact) mass is 348 g/mol. The van der Waals surface area contributed by atoms with E-state index in [1.54, 1.807) is 38.5 Å². The topological polar surface area (TPSA) is 68.7 Å². The van der Waals surface area contributed by atoms with Gasteiger partial charge in [0.05, 0.1) is 4.90 Å². The first-order chi connectivity index (χ1) is 11.5. The van der Waals surface area contributed by atoms with Crippen LogP contribution < -0.4 is 9.47 Å². The second kappa shape index (κ2) is 6.78. The molecule has 0 unspecified atom stereocenters. The minimum absolute atomic E-state index is 0.254. The maximum Gasteiger partial charge on any atom is 0.243 e. The van der Waals surface area contributed by atoms with Crippen LogP contribution in [0.4, 0.5) is 0 Å². The van der Waals surface area contributed by atoms with Crippen molar-refractivity contribution in [1.29, 1.82) is 0 Å². The Balaban J connectivity index is 1.81. The molecule has 1 aliphatic heterocycles. The average molecular weight is 348 g/mol. The smallest absolute Gasteiger partial charge is 0.243 e. The Labute approximate surface area is 142 Å². The molecule has 6 nitrogen and oxygen atoms in total. The van der Waals surface area contributed by atoms with Gasteiger partial charge in [-0.15, -0.1) is 0 Å². The van der Waals surface area contributed by atoms with E-state index >= 15 is 0 Å². The summed E-state index contributed by atoms with van der Waals surface area (Å²) >= 11 is 0. The summed E-state index contributed by atoms with van der Waals surface area (Å²) < 4.78 is 38.1. The van der Waals surface area contributed by atoms with Crippen molar-refractivity contribution in [3.8, 4) is 11.5 Å². The fourth-order valence-corrected chi connectivity index (χ4v) is 3.96. The van der Waals surface area contributed by atoms with Crippen LogP contribution in [-0.4, -0.2) is 44.5 Å². The van der Waals surface area contributed by atoms with Gasteiger partial charge in [-0.25, -0.2) is 12.7 Å². The number of aryl methyl sites for hydroxylation is 1. The van der Waals surface area contributed by atoms with Crippen molar-refractivity contribution >= 4 is 10.0 Å². The Morgan fingerprint density at radius 3 is 2.42 bits per heavy atom. The molecular weight excluding hydrogens is 328 g/mol. The second-order valence-electron chi connectivity index (χ2n) is 5.69. The Hall–Kier alpha value is -2.12. The van der Waals surface area contributed by atoms with Crippen LogP contribution in [0.2, 0.25) is 0 Å². The fourth-order valence-electron chi connectivity index (χ4n) is 2.57. The van der Waals surface area contributed by atoms with Crippen molar-refractivity contribution < 1.29 is 17.9 Å². The Morgan fingerprint density at radius 2 is 1.75 bits per heavy atom. The highest BCUT2D eigenvalue weighted by Gasteiger charge is 2.26. The number of ether oxygens (including phenoxy) is 2. The minimum Gasteiger partial charge on any atom is -0.486 e. The summed E-state index contributed by atoms with van der Waals surface area (Å²) in [6.45, 7) is 3.06. The van der Waals surface area contributed by atoms with E-state index in [-0.39, 0.29) is 4.90 Å². The van der Waals surface area contributed by atoms with Crippen molar-refractivity contribution in [1.82, 2.24) is 9.29 Å². The molecular formula is C17H20N2O4S. The van der Waals surface area contributed by atoms with E-state index < -0.39 is 10.0 Å². The van der Waals surface area contributed by atoms with Gasteiger partial charge in [0.15, 0.2) is 11.5 Å². The lowest BCUT2D eigenvalue weighted by molar-refractivity contribution is 0.171. The van der Waals surface area contributed by atoms with Gasteiger partial charge in [-0.05, 0) is 42.7 Å². The third-order valence-corrected chi connectivity index (χ3v) is 5.99. The molecule has 0 radical (unpaired) electrons. The molecule has 7 heteroatoms. The molecule has 0 fully saturated rings. The third-order valence-electron chi connectivity index (χ3n) is 3.99. The first-order valence-electron chi connectivity index (χ1n) is 7.74. The first-order valence-corrected chi connectivity index (χ1v) is 9.18. The van der Waals surface area contributed by atoms with Gasteiger partial charge in [0.25, 0.3) is 0 Å². The van der Waals surface area contributed by atoms with Gasteiger partial charge in [-0.2, -0.15) is 0 Å². The molecule has 0 aliphatic carbocycles. The van der Waals surface area contributed by atoms with Gasteiger partial charge in [-0.1, -0.05) is 0 Å². The zero-order valence-electron chi connectivity index (χ0n) is 13.7. The van der Waals surface area contributed by atoms with Gasteiger partial charge >= 0.3 is 0 Å². The van der Waals surface area contributed by atoms with Gasteiger partial charge in [0.2, 0.25) is 10.0 Å². The Bertz CT molecular complexity index is 822. The van der Waals surface area contributed by atoms with Gasteiger partial charge in [-0.3, -0.25) is 4.98 Å². The SMILES string of the molecule is Cc1cc2c(cc1S(=O)(=O)N(C)CCc1ccncc1)OCCO2. The molecule has 0 bridgehead atoms. The summed E-state index contributed by atoms with van der Waals surface area (Å²) in [6.07, 6.45) is 4.03. The quantitative estimate of drug-likeness (QED) is 0.827. The fraction of sp³-hybridized carbons (Fsp3) is 0.353. The molecule has 24 heavy (non-hydrogen) atoms. The number of sulfonamides is 1. The van der Waals surface area contributed by atoms with Crippen molar-refractivity contribution in [3.05, 3.63) is 47.8 Å². The predicted molar refractivity (Wildman–Crippen MR) is 89.9 cm³/mol. The zero-order chi connectivity index (χ0) is 17.2. The summed E-state index contributed by atoms with van der Waals surface area (Å²) in [4.78, 5) is 4.22. The molecule has 2 heterocycles. The Morgan fingerprint density at radius 1 is 1.12 bits per heavy atom. The normalized spacial score (nSPS) is 14.0. The van der Waals surface area contributed by atoms with E-state index in [2.05, 4.69) is 4.98 Å². The summed E-state index contributed by atoms with van der Waals surface area (Å²) in [5, 5.41) is 0. The highest BCUT2D eigenvalue weighted by molar-refractivity contribution is 7.89. The lowest BCUT2D eigenvalue weighted by Crippen LogP contribution is -2.30. The first kappa shape index (κ1) is 16.7. The molecule has 3 rings (SSSR count). The number of benzene rings is 1. The molecule has 1 aliphatic rings. The van der Waals surface area contributed by atoms with E-state index in [9.17, 15) is 8.42 Å². The molecule has 0 spiro atoms. The largest absolute Gasteiger partial charge is 0.486 e. The highest BCUT2D eigenvalue weighted by atomic mass is 32.2. The maximum absolute atomic E-state index is 12.9. The van der Waals surface area contributed by atoms with E-state index in [1.165, 1.54) is 4.31 Å². The van der Waals surface area contributed by atoms with Crippen molar-refractivity contribution in [2.24, 2.45) is 0 Å². The molecule has 0 amide bonds. The van der Waals surface area contributed by atoms with Gasteiger partial charge in [0.1, 0.15) is 13.2 Å². The van der Waals surface area contributed by atoms with Gasteiger partial charge in [0, 0.05) is 32.1 Å². The molecule has 2 aromatic rings. The van der Waals surface area contributed by atoms with Crippen molar-refractivity contribution in [2.45, 2.75) is 18.2 Å². The summed E-state index contributed by atoms with van der Waals surface area (Å²) in [7, 11) is -2.00. The number of rotatable bonds is 5. The standard InChI is InChI=1S/C17H20N2O4S/c1-13-11-15-16(23-10-9-22-15)12-17(13)24(20,21)19(2)8-5-14-3-6-18-7-4-14/h3-4,6-7,11-12H,5,8-10H2,1-2H3. The summed E-state index contributed by atoms with van der Waals surface area (Å²) in [5.74, 6) is 1.07. The summed E-state index contributed by atoms with van der Waals surface area (Å²) in [6, 6.07) is 7.05. The van der Waals surface area contributed by atoms with E-state index in [1.807, 2.05) is 12.1 Å². The lowest BCUT2D eigenvalue weighted by Gasteiger charge is -2.22. The van der Waals surface area contributed by atoms with Crippen LogP contribution in [-0.2, 0) is 16.4 Å². The molecule has 0 saturated carbocycles. The summed E-state index contributed by atoms with van der Waals surface area (Å²) in [5.41, 5.74) is 1.70. The number of nitrogens with zero attached hydrogens (tertiary/aromatic N) is 2. The van der Waals surface area contributed by atoms with Crippen LogP contribution in [0.25, 0.3) is 0 Å². The molecule has 0 N–H and O–H groups in total. The number of hydrogen-bond acceptors (Lipinski definition) is 5. The van der Waals surface area contributed by atoms with Crippen LogP contribution in [0.3, 0.4) is 0 Å². The average Bonchev–Trinajstić information content (AvgIpc) is 2.59. The number of pyridine rings is 1. The van der Waals surface area contributed by atoms with E-state index in [0.717, 1.165) is 5.56 Å². The molecule has 1 aromatic heterocycles. The minimum atomic E-state index is -3.59. The highest BCUT2D eigenvalue weighted by Crippen LogP contribution is 2.35. The second-order valence-corrected chi connectivity index (χ2v) is 7.71. The number of hydrogen-bond donors (Lipinski definition) is 0. The van der Waals surface area contributed by atoms with Gasteiger partial charge < -0.3 is 9.47 Å². The Kier molecular flexibility index (Phi) is 4.73. The van der Waals surface area contributed by atoms with Crippen molar-refractivity contribution in [3.63, 3.8) is 0 Å². The maximum atomic E-state index is 12.9. The van der Waals surface area contributed by atoms with E-state index in [0.29, 0.717) is 43.2 Å².